The maximum atomic E-state index is 14.3. The Morgan fingerprint density at radius 1 is 1.09 bits per heavy atom. The molecule has 0 aliphatic carbocycles. The molecule has 2 heterocycles. The Bertz CT molecular complexity index is 1190. The number of amides is 1. The van der Waals surface area contributed by atoms with E-state index in [1.165, 1.54) is 4.31 Å². The van der Waals surface area contributed by atoms with Gasteiger partial charge in [-0.05, 0) is 62.8 Å². The van der Waals surface area contributed by atoms with Crippen molar-refractivity contribution in [3.63, 3.8) is 0 Å². The summed E-state index contributed by atoms with van der Waals surface area (Å²) in [6.45, 7) is 4.73. The van der Waals surface area contributed by atoms with Crippen LogP contribution in [0.5, 0.6) is 0 Å². The number of nitrogens with zero attached hydrogens (tertiary/aromatic N) is 2. The molecule has 6 nitrogen and oxygen atoms in total. The van der Waals surface area contributed by atoms with Crippen LogP contribution in [0.4, 0.5) is 8.78 Å². The lowest BCUT2D eigenvalue weighted by molar-refractivity contribution is -0.134. The lowest BCUT2D eigenvalue weighted by atomic mass is 9.96. The molecule has 0 radical (unpaired) electrons. The van der Waals surface area contributed by atoms with E-state index in [1.807, 2.05) is 25.0 Å². The molecule has 1 unspecified atom stereocenters. The molecule has 35 heavy (non-hydrogen) atoms. The van der Waals surface area contributed by atoms with Crippen LogP contribution in [0.3, 0.4) is 0 Å². The predicted molar refractivity (Wildman–Crippen MR) is 133 cm³/mol. The zero-order chi connectivity index (χ0) is 25.4. The van der Waals surface area contributed by atoms with E-state index in [4.69, 9.17) is 0 Å². The van der Waals surface area contributed by atoms with Gasteiger partial charge >= 0.3 is 0 Å². The topological polar surface area (TPSA) is 69.7 Å². The van der Waals surface area contributed by atoms with Gasteiger partial charge in [0.05, 0.1) is 11.7 Å². The van der Waals surface area contributed by atoms with Gasteiger partial charge in [0.2, 0.25) is 15.9 Å². The highest BCUT2D eigenvalue weighted by Crippen LogP contribution is 2.36. The first-order valence-corrected chi connectivity index (χ1v) is 14.5. The second-order valence-corrected chi connectivity index (χ2v) is 12.3. The monoisotopic (exact) mass is 523 g/mol. The molecule has 1 N–H and O–H groups in total. The number of piperidine rings is 1. The van der Waals surface area contributed by atoms with Crippen molar-refractivity contribution >= 4 is 27.7 Å². The number of sulfonamides is 1. The molecule has 1 amide bonds. The van der Waals surface area contributed by atoms with Gasteiger partial charge in [0, 0.05) is 25.7 Å². The van der Waals surface area contributed by atoms with E-state index >= 15 is 0 Å². The summed E-state index contributed by atoms with van der Waals surface area (Å²) < 4.78 is 55.0. The minimum absolute atomic E-state index is 0.0269. The first kappa shape index (κ1) is 26.1. The number of hydrogen-bond donors (Lipinski definition) is 1. The van der Waals surface area contributed by atoms with Gasteiger partial charge in [-0.25, -0.2) is 17.2 Å². The van der Waals surface area contributed by atoms with Crippen molar-refractivity contribution in [2.45, 2.75) is 56.3 Å². The highest BCUT2D eigenvalue weighted by atomic mass is 32.2. The average Bonchev–Trinajstić information content (AvgIpc) is 3.02. The summed E-state index contributed by atoms with van der Waals surface area (Å²) in [7, 11) is -4.13. The van der Waals surface area contributed by atoms with Crippen LogP contribution in [0, 0.1) is 25.5 Å². The Balaban J connectivity index is 1.58. The van der Waals surface area contributed by atoms with Gasteiger partial charge in [-0.3, -0.25) is 10.1 Å². The normalized spacial score (nSPS) is 20.7. The maximum absolute atomic E-state index is 14.3. The molecule has 1 atom stereocenters. The zero-order valence-corrected chi connectivity index (χ0v) is 21.8. The first-order valence-electron chi connectivity index (χ1n) is 11.7. The number of benzene rings is 2. The fourth-order valence-electron chi connectivity index (χ4n) is 5.20. The molecule has 190 valence electrons. The molecule has 0 aromatic heterocycles. The van der Waals surface area contributed by atoms with E-state index < -0.39 is 32.2 Å². The minimum Gasteiger partial charge on any atom is -0.319 e. The number of nitrogens with one attached hydrogen (secondary N) is 1. The van der Waals surface area contributed by atoms with Gasteiger partial charge in [0.1, 0.15) is 16.5 Å². The number of halogens is 2. The smallest absolute Gasteiger partial charge is 0.245 e. The van der Waals surface area contributed by atoms with Crippen molar-refractivity contribution < 1.29 is 22.0 Å². The third-order valence-electron chi connectivity index (χ3n) is 6.82. The molecule has 2 aromatic rings. The lowest BCUT2D eigenvalue weighted by Crippen LogP contribution is -2.59. The molecule has 1 spiro atoms. The largest absolute Gasteiger partial charge is 0.319 e. The van der Waals surface area contributed by atoms with Gasteiger partial charge in [0.15, 0.2) is 0 Å². The minimum atomic E-state index is -4.13. The molecule has 2 saturated heterocycles. The second kappa shape index (κ2) is 10.2. The summed E-state index contributed by atoms with van der Waals surface area (Å²) >= 11 is 1.68. The maximum Gasteiger partial charge on any atom is 0.245 e. The van der Waals surface area contributed by atoms with Crippen molar-refractivity contribution in [1.82, 2.24) is 14.5 Å². The van der Waals surface area contributed by atoms with Crippen molar-refractivity contribution in [2.24, 2.45) is 0 Å². The van der Waals surface area contributed by atoms with Crippen LogP contribution in [0.25, 0.3) is 0 Å². The van der Waals surface area contributed by atoms with Crippen LogP contribution in [0.15, 0.2) is 41.3 Å². The van der Waals surface area contributed by atoms with Crippen molar-refractivity contribution in [1.29, 1.82) is 0 Å². The SMILES string of the molecule is CSCCC1NC2(CCN(S(=O)(=O)c3ccc(F)cc3F)CC2)N(Cc2cc(C)cc(C)c2)C1=O. The number of hydrogen-bond acceptors (Lipinski definition) is 5. The number of thioether (sulfide) groups is 1. The molecular weight excluding hydrogens is 492 g/mol. The molecule has 2 aliphatic heterocycles. The summed E-state index contributed by atoms with van der Waals surface area (Å²) in [5, 5.41) is 3.54. The van der Waals surface area contributed by atoms with Crippen LogP contribution < -0.4 is 5.32 Å². The zero-order valence-electron chi connectivity index (χ0n) is 20.2. The summed E-state index contributed by atoms with van der Waals surface area (Å²) in [4.78, 5) is 14.8. The number of aryl methyl sites for hydroxylation is 2. The summed E-state index contributed by atoms with van der Waals surface area (Å²) in [5.74, 6) is -1.07. The van der Waals surface area contributed by atoms with Gasteiger partial charge in [-0.1, -0.05) is 29.3 Å². The average molecular weight is 524 g/mol. The summed E-state index contributed by atoms with van der Waals surface area (Å²) in [6, 6.07) is 8.39. The third-order valence-corrected chi connectivity index (χ3v) is 9.39. The predicted octanol–water partition coefficient (Wildman–Crippen LogP) is 3.82. The molecular formula is C25H31F2N3O3S2. The molecule has 2 aliphatic rings. The highest BCUT2D eigenvalue weighted by molar-refractivity contribution is 7.98. The van der Waals surface area contributed by atoms with Crippen LogP contribution in [0.1, 0.15) is 36.0 Å². The standard InChI is InChI=1S/C25H31F2N3O3S2/c1-17-12-18(2)14-19(13-17)16-30-24(31)22(6-11-34-3)28-25(30)7-9-29(10-8-25)35(32,33)23-5-4-20(26)15-21(23)27/h4-5,12-15,22,28H,6-11,16H2,1-3H3. The van der Waals surface area contributed by atoms with E-state index in [9.17, 15) is 22.0 Å². The van der Waals surface area contributed by atoms with Crippen LogP contribution in [-0.2, 0) is 21.4 Å². The Labute approximate surface area is 210 Å². The van der Waals surface area contributed by atoms with E-state index in [0.29, 0.717) is 31.9 Å². The molecule has 0 saturated carbocycles. The third kappa shape index (κ3) is 5.26. The van der Waals surface area contributed by atoms with Gasteiger partial charge in [0.25, 0.3) is 0 Å². The van der Waals surface area contributed by atoms with Gasteiger partial charge in [-0.15, -0.1) is 0 Å². The van der Waals surface area contributed by atoms with Crippen LogP contribution >= 0.6 is 11.8 Å². The van der Waals surface area contributed by atoms with Gasteiger partial charge in [-0.2, -0.15) is 16.1 Å². The van der Waals surface area contributed by atoms with Crippen molar-refractivity contribution in [3.05, 3.63) is 64.7 Å². The Morgan fingerprint density at radius 3 is 2.34 bits per heavy atom. The van der Waals surface area contributed by atoms with E-state index in [0.717, 1.165) is 34.6 Å². The van der Waals surface area contributed by atoms with Crippen LogP contribution in [0.2, 0.25) is 0 Å². The first-order chi connectivity index (χ1) is 16.6. The fraction of sp³-hybridized carbons (Fsp3) is 0.480. The number of rotatable bonds is 7. The van der Waals surface area contributed by atoms with E-state index in [-0.39, 0.29) is 25.0 Å². The molecule has 0 bridgehead atoms. The Kier molecular flexibility index (Phi) is 7.57. The van der Waals surface area contributed by atoms with E-state index in [2.05, 4.69) is 23.5 Å². The molecule has 4 rings (SSSR count). The van der Waals surface area contributed by atoms with Gasteiger partial charge < -0.3 is 4.90 Å². The lowest BCUT2D eigenvalue weighted by Gasteiger charge is -2.44. The Hall–Kier alpha value is -2.01. The highest BCUT2D eigenvalue weighted by Gasteiger charge is 2.52. The fourth-order valence-corrected chi connectivity index (χ4v) is 7.16. The molecule has 2 fully saturated rings. The van der Waals surface area contributed by atoms with Crippen LogP contribution in [-0.4, -0.2) is 60.3 Å². The molecule has 2 aromatic carbocycles. The summed E-state index contributed by atoms with van der Waals surface area (Å²) in [5.41, 5.74) is 2.60. The number of carbonyl (C=O) groups is 1. The van der Waals surface area contributed by atoms with Crippen molar-refractivity contribution in [2.75, 3.05) is 25.1 Å². The Morgan fingerprint density at radius 2 is 1.74 bits per heavy atom. The summed E-state index contributed by atoms with van der Waals surface area (Å²) in [6.07, 6.45) is 3.44. The second-order valence-electron chi connectivity index (χ2n) is 9.41. The van der Waals surface area contributed by atoms with E-state index in [1.54, 1.807) is 11.8 Å². The quantitative estimate of drug-likeness (QED) is 0.598. The molecule has 10 heteroatoms. The van der Waals surface area contributed by atoms with Crippen molar-refractivity contribution in [3.8, 4) is 0 Å². The number of carbonyl (C=O) groups excluding carboxylic acids is 1.